The Morgan fingerprint density at radius 2 is 1.70 bits per heavy atom. The fourth-order valence-electron chi connectivity index (χ4n) is 2.44. The lowest BCUT2D eigenvalue weighted by molar-refractivity contribution is -0.129. The van der Waals surface area contributed by atoms with Crippen molar-refractivity contribution in [1.82, 2.24) is 5.32 Å². The first kappa shape index (κ1) is 21.2. The van der Waals surface area contributed by atoms with Gasteiger partial charge in [0.15, 0.2) is 0 Å². The zero-order valence-electron chi connectivity index (χ0n) is 15.0. The third kappa shape index (κ3) is 7.59. The topological polar surface area (TPSA) is 67.4 Å². The predicted molar refractivity (Wildman–Crippen MR) is 108 cm³/mol. The first-order valence-corrected chi connectivity index (χ1v) is 9.36. The van der Waals surface area contributed by atoms with E-state index in [0.717, 1.165) is 12.8 Å². The number of ether oxygens (including phenoxy) is 1. The molecule has 0 spiro atoms. The van der Waals surface area contributed by atoms with E-state index in [4.69, 9.17) is 27.9 Å². The quantitative estimate of drug-likeness (QED) is 0.656. The molecule has 0 aliphatic heterocycles. The lowest BCUT2D eigenvalue weighted by atomic mass is 10.1. The highest BCUT2D eigenvalue weighted by molar-refractivity contribution is 6.43. The molecule has 5 nitrogen and oxygen atoms in total. The standard InChI is InChI=1S/C20H22Cl2N2O3/c1-14(10-11-15-6-3-2-4-7-15)23-18(25)12-27-13-19(26)24-17-9-5-8-16(21)20(17)22/h2-9,14H,10-13H2,1H3,(H,23,25)(H,24,26)/t14-/m1/s1. The maximum atomic E-state index is 11.9. The number of benzene rings is 2. The zero-order valence-corrected chi connectivity index (χ0v) is 16.5. The van der Waals surface area contributed by atoms with Gasteiger partial charge in [-0.2, -0.15) is 0 Å². The molecule has 0 unspecified atom stereocenters. The van der Waals surface area contributed by atoms with Crippen molar-refractivity contribution < 1.29 is 14.3 Å². The van der Waals surface area contributed by atoms with Crippen molar-refractivity contribution in [1.29, 1.82) is 0 Å². The third-order valence-corrected chi connectivity index (χ3v) is 4.63. The number of aryl methyl sites for hydroxylation is 1. The average Bonchev–Trinajstić information content (AvgIpc) is 2.64. The molecule has 0 radical (unpaired) electrons. The number of nitrogens with one attached hydrogen (secondary N) is 2. The third-order valence-electron chi connectivity index (χ3n) is 3.81. The van der Waals surface area contributed by atoms with Gasteiger partial charge in [0.05, 0.1) is 15.7 Å². The largest absolute Gasteiger partial charge is 0.362 e. The van der Waals surface area contributed by atoms with Crippen LogP contribution in [0.5, 0.6) is 0 Å². The summed E-state index contributed by atoms with van der Waals surface area (Å²) in [7, 11) is 0. The number of carbonyl (C=O) groups is 2. The van der Waals surface area contributed by atoms with E-state index in [1.807, 2.05) is 25.1 Å². The van der Waals surface area contributed by atoms with E-state index in [0.29, 0.717) is 10.7 Å². The van der Waals surface area contributed by atoms with Crippen LogP contribution >= 0.6 is 23.2 Å². The van der Waals surface area contributed by atoms with Crippen molar-refractivity contribution in [3.05, 3.63) is 64.1 Å². The van der Waals surface area contributed by atoms with Crippen LogP contribution in [0.3, 0.4) is 0 Å². The van der Waals surface area contributed by atoms with Crippen LogP contribution in [0.4, 0.5) is 5.69 Å². The van der Waals surface area contributed by atoms with Crippen LogP contribution in [-0.4, -0.2) is 31.1 Å². The van der Waals surface area contributed by atoms with Crippen LogP contribution in [0.2, 0.25) is 10.0 Å². The van der Waals surface area contributed by atoms with Gasteiger partial charge in [0.2, 0.25) is 11.8 Å². The molecule has 2 rings (SSSR count). The molecule has 0 heterocycles. The maximum Gasteiger partial charge on any atom is 0.250 e. The minimum atomic E-state index is -0.413. The molecule has 27 heavy (non-hydrogen) atoms. The summed E-state index contributed by atoms with van der Waals surface area (Å²) in [5, 5.41) is 6.06. The minimum Gasteiger partial charge on any atom is -0.362 e. The second-order valence-corrected chi connectivity index (χ2v) is 6.92. The predicted octanol–water partition coefficient (Wildman–Crippen LogP) is 4.09. The molecule has 1 atom stereocenters. The minimum absolute atomic E-state index is 0.0143. The van der Waals surface area contributed by atoms with Gasteiger partial charge in [-0.05, 0) is 37.5 Å². The lowest BCUT2D eigenvalue weighted by Gasteiger charge is -2.14. The molecule has 0 saturated carbocycles. The number of hydrogen-bond donors (Lipinski definition) is 2. The number of carbonyl (C=O) groups excluding carboxylic acids is 2. The Hall–Kier alpha value is -2.08. The molecule has 0 aromatic heterocycles. The molecule has 0 bridgehead atoms. The molecule has 2 amide bonds. The van der Waals surface area contributed by atoms with E-state index in [1.54, 1.807) is 18.2 Å². The van der Waals surface area contributed by atoms with Gasteiger partial charge in [-0.1, -0.05) is 59.6 Å². The van der Waals surface area contributed by atoms with Gasteiger partial charge < -0.3 is 15.4 Å². The smallest absolute Gasteiger partial charge is 0.250 e. The van der Waals surface area contributed by atoms with Gasteiger partial charge in [0.1, 0.15) is 13.2 Å². The molecular formula is C20H22Cl2N2O3. The summed E-state index contributed by atoms with van der Waals surface area (Å²) in [6.45, 7) is 1.50. The van der Waals surface area contributed by atoms with E-state index in [-0.39, 0.29) is 30.2 Å². The van der Waals surface area contributed by atoms with Crippen molar-refractivity contribution in [2.75, 3.05) is 18.5 Å². The Morgan fingerprint density at radius 3 is 2.44 bits per heavy atom. The normalized spacial score (nSPS) is 11.7. The van der Waals surface area contributed by atoms with E-state index in [1.165, 1.54) is 5.56 Å². The first-order valence-electron chi connectivity index (χ1n) is 8.60. The Morgan fingerprint density at radius 1 is 1.00 bits per heavy atom. The molecule has 7 heteroatoms. The van der Waals surface area contributed by atoms with Crippen LogP contribution in [0, 0.1) is 0 Å². The number of rotatable bonds is 9. The fourth-order valence-corrected chi connectivity index (χ4v) is 2.79. The first-order chi connectivity index (χ1) is 13.0. The zero-order chi connectivity index (χ0) is 19.6. The van der Waals surface area contributed by atoms with Crippen molar-refractivity contribution in [2.45, 2.75) is 25.8 Å². The summed E-state index contributed by atoms with van der Waals surface area (Å²) in [4.78, 5) is 23.8. The number of anilines is 1. The number of amides is 2. The summed E-state index contributed by atoms with van der Waals surface area (Å²) < 4.78 is 5.16. The van der Waals surface area contributed by atoms with Gasteiger partial charge in [-0.25, -0.2) is 0 Å². The molecule has 0 aliphatic rings. The van der Waals surface area contributed by atoms with Gasteiger partial charge in [0, 0.05) is 6.04 Å². The second-order valence-electron chi connectivity index (χ2n) is 6.14. The molecule has 0 saturated heterocycles. The molecule has 2 aromatic carbocycles. The Balaban J connectivity index is 1.65. The maximum absolute atomic E-state index is 11.9. The highest BCUT2D eigenvalue weighted by atomic mass is 35.5. The number of halogens is 2. The van der Waals surface area contributed by atoms with Crippen LogP contribution < -0.4 is 10.6 Å². The summed E-state index contributed by atoms with van der Waals surface area (Å²) in [5.74, 6) is -0.673. The van der Waals surface area contributed by atoms with E-state index in [2.05, 4.69) is 22.8 Å². The van der Waals surface area contributed by atoms with E-state index < -0.39 is 5.91 Å². The summed E-state index contributed by atoms with van der Waals surface area (Å²) in [5.41, 5.74) is 1.63. The molecule has 2 aromatic rings. The Bertz CT molecular complexity index is 769. The van der Waals surface area contributed by atoms with Crippen LogP contribution in [0.15, 0.2) is 48.5 Å². The highest BCUT2D eigenvalue weighted by Crippen LogP contribution is 2.29. The SMILES string of the molecule is C[C@H](CCc1ccccc1)NC(=O)COCC(=O)Nc1cccc(Cl)c1Cl. The Labute approximate surface area is 169 Å². The highest BCUT2D eigenvalue weighted by Gasteiger charge is 2.11. The lowest BCUT2D eigenvalue weighted by Crippen LogP contribution is -2.36. The molecular weight excluding hydrogens is 387 g/mol. The van der Waals surface area contributed by atoms with Crippen molar-refractivity contribution in [3.63, 3.8) is 0 Å². The monoisotopic (exact) mass is 408 g/mol. The van der Waals surface area contributed by atoms with Crippen molar-refractivity contribution >= 4 is 40.7 Å². The van der Waals surface area contributed by atoms with E-state index in [9.17, 15) is 9.59 Å². The molecule has 0 fully saturated rings. The fraction of sp³-hybridized carbons (Fsp3) is 0.300. The summed E-state index contributed by atoms with van der Waals surface area (Å²) in [6, 6.07) is 15.0. The van der Waals surface area contributed by atoms with Crippen LogP contribution in [0.25, 0.3) is 0 Å². The average molecular weight is 409 g/mol. The van der Waals surface area contributed by atoms with Crippen LogP contribution in [0.1, 0.15) is 18.9 Å². The molecule has 2 N–H and O–H groups in total. The number of hydrogen-bond acceptors (Lipinski definition) is 3. The van der Waals surface area contributed by atoms with Crippen molar-refractivity contribution in [2.24, 2.45) is 0 Å². The van der Waals surface area contributed by atoms with Crippen LogP contribution in [-0.2, 0) is 20.7 Å². The van der Waals surface area contributed by atoms with Gasteiger partial charge in [-0.3, -0.25) is 9.59 Å². The van der Waals surface area contributed by atoms with Gasteiger partial charge in [-0.15, -0.1) is 0 Å². The van der Waals surface area contributed by atoms with Gasteiger partial charge >= 0.3 is 0 Å². The van der Waals surface area contributed by atoms with E-state index >= 15 is 0 Å². The second kappa shape index (κ2) is 10.9. The molecule has 0 aliphatic carbocycles. The summed E-state index contributed by atoms with van der Waals surface area (Å²) in [6.07, 6.45) is 1.70. The molecule has 144 valence electrons. The van der Waals surface area contributed by atoms with Gasteiger partial charge in [0.25, 0.3) is 0 Å². The van der Waals surface area contributed by atoms with Crippen molar-refractivity contribution in [3.8, 4) is 0 Å². The summed E-state index contributed by atoms with van der Waals surface area (Å²) >= 11 is 11.9. The Kier molecular flexibility index (Phi) is 8.58.